The molecule has 0 saturated carbocycles. The highest BCUT2D eigenvalue weighted by Crippen LogP contribution is 2.22. The minimum atomic E-state index is -4.20. The van der Waals surface area contributed by atoms with Gasteiger partial charge in [-0.05, 0) is 24.6 Å². The van der Waals surface area contributed by atoms with Crippen molar-refractivity contribution in [3.05, 3.63) is 29.8 Å². The first-order valence-electron chi connectivity index (χ1n) is 5.91. The van der Waals surface area contributed by atoms with Crippen LogP contribution in [0.1, 0.15) is 24.9 Å². The molecule has 3 nitrogen and oxygen atoms in total. The number of ether oxygens (including phenoxy) is 2. The normalized spacial score (nSPS) is 15.1. The van der Waals surface area contributed by atoms with Crippen molar-refractivity contribution in [1.29, 1.82) is 0 Å². The molecule has 108 valence electrons. The molecule has 19 heavy (non-hydrogen) atoms. The summed E-state index contributed by atoms with van der Waals surface area (Å²) in [6.07, 6.45) is -5.66. The van der Waals surface area contributed by atoms with Gasteiger partial charge in [0, 0.05) is 0 Å². The van der Waals surface area contributed by atoms with Crippen LogP contribution in [0.25, 0.3) is 0 Å². The Morgan fingerprint density at radius 1 is 1.21 bits per heavy atom. The van der Waals surface area contributed by atoms with Crippen LogP contribution in [0, 0.1) is 0 Å². The van der Waals surface area contributed by atoms with Gasteiger partial charge in [-0.3, -0.25) is 0 Å². The molecule has 2 atom stereocenters. The molecule has 0 spiro atoms. The van der Waals surface area contributed by atoms with Crippen LogP contribution in [-0.4, -0.2) is 26.0 Å². The number of hydrogen-bond donors (Lipinski definition) is 1. The van der Waals surface area contributed by atoms with Gasteiger partial charge < -0.3 is 15.2 Å². The van der Waals surface area contributed by atoms with E-state index in [4.69, 9.17) is 15.2 Å². The largest absolute Gasteiger partial charge is 0.497 e. The quantitative estimate of drug-likeness (QED) is 0.869. The number of hydrogen-bond acceptors (Lipinski definition) is 3. The van der Waals surface area contributed by atoms with Gasteiger partial charge >= 0.3 is 6.18 Å². The van der Waals surface area contributed by atoms with Crippen LogP contribution in [0.15, 0.2) is 24.3 Å². The third kappa shape index (κ3) is 5.48. The van der Waals surface area contributed by atoms with Gasteiger partial charge in [0.15, 0.2) is 0 Å². The van der Waals surface area contributed by atoms with E-state index in [9.17, 15) is 13.2 Å². The summed E-state index contributed by atoms with van der Waals surface area (Å²) in [5, 5.41) is 0. The van der Waals surface area contributed by atoms with Gasteiger partial charge in [-0.25, -0.2) is 0 Å². The summed E-state index contributed by atoms with van der Waals surface area (Å²) < 4.78 is 46.1. The van der Waals surface area contributed by atoms with Gasteiger partial charge in [0.05, 0.1) is 32.3 Å². The van der Waals surface area contributed by atoms with Gasteiger partial charge in [-0.15, -0.1) is 0 Å². The highest BCUT2D eigenvalue weighted by atomic mass is 19.4. The van der Waals surface area contributed by atoms with E-state index in [0.717, 1.165) is 5.56 Å². The van der Waals surface area contributed by atoms with Crippen LogP contribution in [0.2, 0.25) is 0 Å². The molecule has 0 aliphatic rings. The van der Waals surface area contributed by atoms with E-state index < -0.39 is 24.7 Å². The van der Waals surface area contributed by atoms with Crippen molar-refractivity contribution in [2.24, 2.45) is 5.73 Å². The summed E-state index contributed by atoms with van der Waals surface area (Å²) in [6, 6.07) is 6.56. The van der Waals surface area contributed by atoms with Gasteiger partial charge in [-0.2, -0.15) is 13.2 Å². The molecule has 2 unspecified atom stereocenters. The number of benzene rings is 1. The van der Waals surface area contributed by atoms with E-state index in [2.05, 4.69) is 0 Å². The lowest BCUT2D eigenvalue weighted by molar-refractivity contribution is -0.149. The Hall–Kier alpha value is -1.27. The Morgan fingerprint density at radius 2 is 1.79 bits per heavy atom. The summed E-state index contributed by atoms with van der Waals surface area (Å²) in [6.45, 7) is 1.28. The molecule has 0 amide bonds. The van der Waals surface area contributed by atoms with Crippen molar-refractivity contribution in [3.8, 4) is 5.75 Å². The second-order valence-corrected chi connectivity index (χ2v) is 4.24. The van der Waals surface area contributed by atoms with E-state index in [1.165, 1.54) is 0 Å². The molecule has 0 radical (unpaired) electrons. The van der Waals surface area contributed by atoms with E-state index >= 15 is 0 Å². The lowest BCUT2D eigenvalue weighted by atomic mass is 10.0. The average Bonchev–Trinajstić information content (AvgIpc) is 2.36. The summed E-state index contributed by atoms with van der Waals surface area (Å²) in [5.74, 6) is 0.696. The van der Waals surface area contributed by atoms with Crippen molar-refractivity contribution in [3.63, 3.8) is 0 Å². The molecule has 2 N–H and O–H groups in total. The Kier molecular flexibility index (Phi) is 5.62. The molecule has 1 aromatic carbocycles. The highest BCUT2D eigenvalue weighted by molar-refractivity contribution is 5.29. The number of methoxy groups -OCH3 is 1. The topological polar surface area (TPSA) is 44.5 Å². The second kappa shape index (κ2) is 6.77. The zero-order valence-electron chi connectivity index (χ0n) is 10.9. The van der Waals surface area contributed by atoms with Crippen LogP contribution in [-0.2, 0) is 4.74 Å². The van der Waals surface area contributed by atoms with Crippen LogP contribution in [0.4, 0.5) is 13.2 Å². The van der Waals surface area contributed by atoms with Gasteiger partial charge in [0.2, 0.25) is 0 Å². The van der Waals surface area contributed by atoms with Crippen LogP contribution in [0.3, 0.4) is 0 Å². The van der Waals surface area contributed by atoms with Crippen molar-refractivity contribution in [1.82, 2.24) is 0 Å². The van der Waals surface area contributed by atoms with E-state index in [1.807, 2.05) is 0 Å². The smallest absolute Gasteiger partial charge is 0.391 e. The van der Waals surface area contributed by atoms with E-state index in [-0.39, 0.29) is 6.61 Å². The van der Waals surface area contributed by atoms with Gasteiger partial charge in [-0.1, -0.05) is 12.1 Å². The Bertz CT molecular complexity index is 378. The fraction of sp³-hybridized carbons (Fsp3) is 0.538. The molecule has 0 aromatic heterocycles. The molecule has 0 saturated heterocycles. The molecule has 1 aromatic rings. The summed E-state index contributed by atoms with van der Waals surface area (Å²) in [5.41, 5.74) is 6.72. The molecule has 6 heteroatoms. The number of nitrogens with two attached hydrogens (primary N) is 1. The van der Waals surface area contributed by atoms with Gasteiger partial charge in [0.25, 0.3) is 0 Å². The molecule has 0 bridgehead atoms. The average molecular weight is 277 g/mol. The zero-order valence-corrected chi connectivity index (χ0v) is 10.9. The number of halogens is 3. The summed E-state index contributed by atoms with van der Waals surface area (Å²) >= 11 is 0. The highest BCUT2D eigenvalue weighted by Gasteiger charge is 2.27. The minimum Gasteiger partial charge on any atom is -0.497 e. The molecule has 0 aliphatic carbocycles. The maximum absolute atomic E-state index is 12.0. The van der Waals surface area contributed by atoms with E-state index in [1.54, 1.807) is 38.3 Å². The fourth-order valence-corrected chi connectivity index (χ4v) is 1.56. The van der Waals surface area contributed by atoms with E-state index in [0.29, 0.717) is 5.75 Å². The van der Waals surface area contributed by atoms with Crippen molar-refractivity contribution >= 4 is 0 Å². The standard InChI is InChI=1S/C13H18F3NO2/c1-9(19-8-7-13(14,15)16)12(17)10-3-5-11(18-2)6-4-10/h3-6,9,12H,7-8,17H2,1-2H3. The Morgan fingerprint density at radius 3 is 2.26 bits per heavy atom. The SMILES string of the molecule is COc1ccc(C(N)C(C)OCCC(F)(F)F)cc1. The van der Waals surface area contributed by atoms with Crippen LogP contribution < -0.4 is 10.5 Å². The monoisotopic (exact) mass is 277 g/mol. The first kappa shape index (κ1) is 15.8. The van der Waals surface area contributed by atoms with Crippen LogP contribution in [0.5, 0.6) is 5.75 Å². The first-order valence-corrected chi connectivity index (χ1v) is 5.91. The number of rotatable bonds is 6. The lowest BCUT2D eigenvalue weighted by Gasteiger charge is -2.21. The predicted molar refractivity (Wildman–Crippen MR) is 66.0 cm³/mol. The molecule has 0 aliphatic heterocycles. The fourth-order valence-electron chi connectivity index (χ4n) is 1.56. The third-order valence-corrected chi connectivity index (χ3v) is 2.77. The minimum absolute atomic E-state index is 0.380. The lowest BCUT2D eigenvalue weighted by Crippen LogP contribution is -2.27. The molecule has 0 heterocycles. The predicted octanol–water partition coefficient (Wildman–Crippen LogP) is 3.05. The van der Waals surface area contributed by atoms with Crippen molar-refractivity contribution in [2.45, 2.75) is 31.7 Å². The first-order chi connectivity index (χ1) is 8.83. The zero-order chi connectivity index (χ0) is 14.5. The second-order valence-electron chi connectivity index (χ2n) is 4.24. The van der Waals surface area contributed by atoms with Gasteiger partial charge in [0.1, 0.15) is 5.75 Å². The van der Waals surface area contributed by atoms with Crippen molar-refractivity contribution in [2.75, 3.05) is 13.7 Å². The Labute approximate surface area is 110 Å². The van der Waals surface area contributed by atoms with Crippen molar-refractivity contribution < 1.29 is 22.6 Å². The molecular formula is C13H18F3NO2. The molecule has 0 fully saturated rings. The maximum Gasteiger partial charge on any atom is 0.391 e. The van der Waals surface area contributed by atoms with Crippen LogP contribution >= 0.6 is 0 Å². The Balaban J connectivity index is 2.49. The number of alkyl halides is 3. The summed E-state index contributed by atoms with van der Waals surface area (Å²) in [7, 11) is 1.55. The molecule has 1 rings (SSSR count). The maximum atomic E-state index is 12.0. The third-order valence-electron chi connectivity index (χ3n) is 2.77. The molecular weight excluding hydrogens is 259 g/mol. The summed E-state index contributed by atoms with van der Waals surface area (Å²) in [4.78, 5) is 0.